The van der Waals surface area contributed by atoms with Gasteiger partial charge in [0, 0.05) is 0 Å². The molecule has 0 aromatic heterocycles. The third kappa shape index (κ3) is 3.63. The Morgan fingerprint density at radius 3 is 2.00 bits per heavy atom. The van der Waals surface area contributed by atoms with Gasteiger partial charge in [-0.15, -0.1) is 0 Å². The maximum Gasteiger partial charge on any atom is 0.310 e. The van der Waals surface area contributed by atoms with Crippen LogP contribution in [0.5, 0.6) is 0 Å². The number of carboxylic acids is 2. The first-order chi connectivity index (χ1) is 9.89. The van der Waals surface area contributed by atoms with Crippen molar-refractivity contribution in [2.75, 3.05) is 0 Å². The monoisotopic (exact) mass is 292 g/mol. The molecule has 0 saturated carbocycles. The summed E-state index contributed by atoms with van der Waals surface area (Å²) in [6, 6.07) is 9.60. The van der Waals surface area contributed by atoms with Gasteiger partial charge in [0.2, 0.25) is 0 Å². The van der Waals surface area contributed by atoms with Gasteiger partial charge < -0.3 is 10.2 Å². The van der Waals surface area contributed by atoms with Crippen molar-refractivity contribution < 1.29 is 19.8 Å². The molecule has 2 unspecified atom stereocenters. The quantitative estimate of drug-likeness (QED) is 0.769. The lowest BCUT2D eigenvalue weighted by molar-refractivity contribution is -0.166. The second-order valence-electron chi connectivity index (χ2n) is 5.65. The van der Waals surface area contributed by atoms with E-state index in [2.05, 4.69) is 0 Å². The number of benzene rings is 1. The van der Waals surface area contributed by atoms with Crippen LogP contribution in [-0.4, -0.2) is 22.2 Å². The molecule has 0 radical (unpaired) electrons. The molecule has 4 nitrogen and oxygen atoms in total. The molecule has 0 bridgehead atoms. The van der Waals surface area contributed by atoms with Gasteiger partial charge in [0.1, 0.15) is 0 Å². The van der Waals surface area contributed by atoms with E-state index in [-0.39, 0.29) is 5.92 Å². The molecule has 0 aliphatic rings. The third-order valence-corrected chi connectivity index (χ3v) is 4.52. The summed E-state index contributed by atoms with van der Waals surface area (Å²) < 4.78 is 0. The van der Waals surface area contributed by atoms with Crippen LogP contribution in [0.3, 0.4) is 0 Å². The van der Waals surface area contributed by atoms with Gasteiger partial charge in [-0.1, -0.05) is 51.1 Å². The summed E-state index contributed by atoms with van der Waals surface area (Å²) in [5.41, 5.74) is -0.178. The fourth-order valence-electron chi connectivity index (χ4n) is 3.25. The Balaban J connectivity index is 3.10. The molecular formula is C17H24O4. The average Bonchev–Trinajstić information content (AvgIpc) is 2.44. The van der Waals surface area contributed by atoms with Crippen LogP contribution in [0.4, 0.5) is 0 Å². The number of hydrogen-bond donors (Lipinski definition) is 2. The standard InChI is InChI=1S/C17H24O4/c1-4-17(5-2,16(20)21)14(15(18)19)12(3)11-13-9-7-6-8-10-13/h6-10,12,14H,4-5,11H2,1-3H3,(H,18,19)(H,20,21). The summed E-state index contributed by atoms with van der Waals surface area (Å²) in [6.45, 7) is 5.33. The summed E-state index contributed by atoms with van der Waals surface area (Å²) in [5.74, 6) is -3.18. The Labute approximate surface area is 125 Å². The Hall–Kier alpha value is -1.84. The second-order valence-corrected chi connectivity index (χ2v) is 5.65. The zero-order valence-corrected chi connectivity index (χ0v) is 12.9. The smallest absolute Gasteiger partial charge is 0.310 e. The van der Waals surface area contributed by atoms with E-state index in [4.69, 9.17) is 0 Å². The van der Waals surface area contributed by atoms with E-state index >= 15 is 0 Å². The van der Waals surface area contributed by atoms with Crippen molar-refractivity contribution >= 4 is 11.9 Å². The van der Waals surface area contributed by atoms with E-state index in [1.165, 1.54) is 0 Å². The Morgan fingerprint density at radius 1 is 1.10 bits per heavy atom. The molecule has 0 amide bonds. The fourth-order valence-corrected chi connectivity index (χ4v) is 3.25. The van der Waals surface area contributed by atoms with E-state index in [9.17, 15) is 19.8 Å². The maximum absolute atomic E-state index is 11.7. The van der Waals surface area contributed by atoms with Crippen LogP contribution in [0.25, 0.3) is 0 Å². The zero-order chi connectivity index (χ0) is 16.0. The van der Waals surface area contributed by atoms with Gasteiger partial charge in [-0.3, -0.25) is 9.59 Å². The number of rotatable bonds is 8. The molecule has 1 rings (SSSR count). The average molecular weight is 292 g/mol. The Bertz CT molecular complexity index is 477. The van der Waals surface area contributed by atoms with Crippen molar-refractivity contribution in [3.8, 4) is 0 Å². The highest BCUT2D eigenvalue weighted by Crippen LogP contribution is 2.41. The predicted octanol–water partition coefficient (Wildman–Crippen LogP) is 3.46. The van der Waals surface area contributed by atoms with Crippen molar-refractivity contribution in [3.63, 3.8) is 0 Å². The highest BCUT2D eigenvalue weighted by Gasteiger charge is 2.49. The van der Waals surface area contributed by atoms with E-state index in [0.717, 1.165) is 5.56 Å². The van der Waals surface area contributed by atoms with Crippen molar-refractivity contribution in [3.05, 3.63) is 35.9 Å². The Kier molecular flexibility index (Phi) is 5.94. The van der Waals surface area contributed by atoms with E-state index in [1.807, 2.05) is 37.3 Å². The van der Waals surface area contributed by atoms with Crippen LogP contribution < -0.4 is 0 Å². The summed E-state index contributed by atoms with van der Waals surface area (Å²) >= 11 is 0. The van der Waals surface area contributed by atoms with Gasteiger partial charge in [0.05, 0.1) is 11.3 Å². The van der Waals surface area contributed by atoms with Gasteiger partial charge in [-0.05, 0) is 30.7 Å². The molecule has 0 fully saturated rings. The minimum Gasteiger partial charge on any atom is -0.481 e. The fraction of sp³-hybridized carbons (Fsp3) is 0.529. The number of carbonyl (C=O) groups is 2. The lowest BCUT2D eigenvalue weighted by Gasteiger charge is -2.36. The molecule has 1 aromatic carbocycles. The first kappa shape index (κ1) is 17.2. The van der Waals surface area contributed by atoms with Gasteiger partial charge in [-0.2, -0.15) is 0 Å². The lowest BCUT2D eigenvalue weighted by Crippen LogP contribution is -2.45. The van der Waals surface area contributed by atoms with Gasteiger partial charge in [0.25, 0.3) is 0 Å². The summed E-state index contributed by atoms with van der Waals surface area (Å²) in [5, 5.41) is 19.2. The van der Waals surface area contributed by atoms with Crippen molar-refractivity contribution in [1.29, 1.82) is 0 Å². The van der Waals surface area contributed by atoms with Crippen LogP contribution in [-0.2, 0) is 16.0 Å². The molecule has 0 spiro atoms. The van der Waals surface area contributed by atoms with E-state index in [1.54, 1.807) is 13.8 Å². The number of hydrogen-bond acceptors (Lipinski definition) is 2. The number of carboxylic acid groups (broad SMARTS) is 2. The molecule has 0 heterocycles. The molecular weight excluding hydrogens is 268 g/mol. The maximum atomic E-state index is 11.7. The van der Waals surface area contributed by atoms with Gasteiger partial charge in [0.15, 0.2) is 0 Å². The first-order valence-corrected chi connectivity index (χ1v) is 7.39. The highest BCUT2D eigenvalue weighted by atomic mass is 16.4. The molecule has 0 aliphatic heterocycles. The van der Waals surface area contributed by atoms with Crippen molar-refractivity contribution in [2.45, 2.75) is 40.0 Å². The molecule has 0 aliphatic carbocycles. The summed E-state index contributed by atoms with van der Waals surface area (Å²) in [6.07, 6.45) is 1.19. The Morgan fingerprint density at radius 2 is 1.62 bits per heavy atom. The first-order valence-electron chi connectivity index (χ1n) is 7.39. The molecule has 0 saturated heterocycles. The van der Waals surface area contributed by atoms with Crippen LogP contribution >= 0.6 is 0 Å². The molecule has 1 aromatic rings. The van der Waals surface area contributed by atoms with Crippen LogP contribution in [0, 0.1) is 17.3 Å². The minimum atomic E-state index is -1.21. The minimum absolute atomic E-state index is 0.249. The summed E-state index contributed by atoms with van der Waals surface area (Å²) in [4.78, 5) is 23.5. The molecule has 2 atom stereocenters. The molecule has 2 N–H and O–H groups in total. The molecule has 21 heavy (non-hydrogen) atoms. The van der Waals surface area contributed by atoms with Gasteiger partial charge >= 0.3 is 11.9 Å². The predicted molar refractivity (Wildman–Crippen MR) is 81.1 cm³/mol. The topological polar surface area (TPSA) is 74.6 Å². The van der Waals surface area contributed by atoms with Crippen molar-refractivity contribution in [2.24, 2.45) is 17.3 Å². The lowest BCUT2D eigenvalue weighted by atomic mass is 9.65. The highest BCUT2D eigenvalue weighted by molar-refractivity contribution is 5.83. The normalized spacial score (nSPS) is 14.4. The van der Waals surface area contributed by atoms with Crippen LogP contribution in [0.2, 0.25) is 0 Å². The third-order valence-electron chi connectivity index (χ3n) is 4.52. The number of aliphatic carboxylic acids is 2. The van der Waals surface area contributed by atoms with Gasteiger partial charge in [-0.25, -0.2) is 0 Å². The SMILES string of the molecule is CCC(CC)(C(=O)O)C(C(=O)O)C(C)Cc1ccccc1. The molecule has 116 valence electrons. The molecule has 4 heteroatoms. The van der Waals surface area contributed by atoms with Crippen LogP contribution in [0.1, 0.15) is 39.2 Å². The summed E-state index contributed by atoms with van der Waals surface area (Å²) in [7, 11) is 0. The van der Waals surface area contributed by atoms with Crippen molar-refractivity contribution in [1.82, 2.24) is 0 Å². The zero-order valence-electron chi connectivity index (χ0n) is 12.9. The van der Waals surface area contributed by atoms with E-state index < -0.39 is 23.3 Å². The van der Waals surface area contributed by atoms with Crippen LogP contribution in [0.15, 0.2) is 30.3 Å². The van der Waals surface area contributed by atoms with E-state index in [0.29, 0.717) is 19.3 Å². The second kappa shape index (κ2) is 7.25. The largest absolute Gasteiger partial charge is 0.481 e.